The van der Waals surface area contributed by atoms with Crippen LogP contribution < -0.4 is 5.73 Å². The monoisotopic (exact) mass is 327 g/mol. The van der Waals surface area contributed by atoms with Crippen LogP contribution in [-0.4, -0.2) is 32.4 Å². The predicted octanol–water partition coefficient (Wildman–Crippen LogP) is 1.96. The van der Waals surface area contributed by atoms with E-state index < -0.39 is 10.0 Å². The molecule has 0 radical (unpaired) electrons. The maximum atomic E-state index is 12.8. The highest BCUT2D eigenvalue weighted by Gasteiger charge is 2.36. The highest BCUT2D eigenvalue weighted by molar-refractivity contribution is 7.89. The van der Waals surface area contributed by atoms with Crippen molar-refractivity contribution in [2.75, 3.05) is 13.6 Å². The summed E-state index contributed by atoms with van der Waals surface area (Å²) in [7, 11) is -2.18. The molecule has 0 saturated heterocycles. The molecule has 1 saturated carbocycles. The molecule has 2 unspecified atom stereocenters. The molecule has 2 atom stereocenters. The minimum Gasteiger partial charge on any atom is -0.330 e. The number of nitriles is 1. The maximum absolute atomic E-state index is 12.8. The van der Waals surface area contributed by atoms with Crippen LogP contribution in [0.1, 0.15) is 24.8 Å². The molecular formula is C14H18ClN3O2S. The zero-order valence-corrected chi connectivity index (χ0v) is 13.4. The lowest BCUT2D eigenvalue weighted by atomic mass is 10.0. The van der Waals surface area contributed by atoms with Gasteiger partial charge in [0.2, 0.25) is 10.0 Å². The Balaban J connectivity index is 2.40. The fourth-order valence-corrected chi connectivity index (χ4v) is 4.82. The van der Waals surface area contributed by atoms with Crippen molar-refractivity contribution in [2.24, 2.45) is 11.7 Å². The van der Waals surface area contributed by atoms with Crippen LogP contribution in [0.3, 0.4) is 0 Å². The van der Waals surface area contributed by atoms with Gasteiger partial charge in [0.05, 0.1) is 16.7 Å². The van der Waals surface area contributed by atoms with Crippen LogP contribution in [0.25, 0.3) is 0 Å². The van der Waals surface area contributed by atoms with E-state index in [9.17, 15) is 8.42 Å². The molecule has 2 N–H and O–H groups in total. The van der Waals surface area contributed by atoms with E-state index in [2.05, 4.69) is 0 Å². The van der Waals surface area contributed by atoms with Gasteiger partial charge in [-0.3, -0.25) is 0 Å². The normalized spacial score (nSPS) is 22.4. The first-order chi connectivity index (χ1) is 9.91. The summed E-state index contributed by atoms with van der Waals surface area (Å²) in [6.07, 6.45) is 2.71. The molecule has 21 heavy (non-hydrogen) atoms. The van der Waals surface area contributed by atoms with Gasteiger partial charge in [0.15, 0.2) is 0 Å². The summed E-state index contributed by atoms with van der Waals surface area (Å²) in [6, 6.07) is 6.08. The molecule has 0 heterocycles. The summed E-state index contributed by atoms with van der Waals surface area (Å²) in [5.74, 6) is 0.169. The number of benzene rings is 1. The van der Waals surface area contributed by atoms with Crippen LogP contribution in [0.5, 0.6) is 0 Å². The molecule has 114 valence electrons. The number of nitrogens with zero attached hydrogens (tertiary/aromatic N) is 2. The summed E-state index contributed by atoms with van der Waals surface area (Å²) in [4.78, 5) is -0.0200. The Morgan fingerprint density at radius 3 is 2.81 bits per heavy atom. The number of halogens is 1. The van der Waals surface area contributed by atoms with Gasteiger partial charge in [0, 0.05) is 13.1 Å². The average molecular weight is 328 g/mol. The Kier molecular flexibility index (Phi) is 4.89. The van der Waals surface area contributed by atoms with Crippen LogP contribution >= 0.6 is 11.6 Å². The van der Waals surface area contributed by atoms with E-state index >= 15 is 0 Å². The number of rotatable bonds is 4. The first-order valence-electron chi connectivity index (χ1n) is 6.79. The van der Waals surface area contributed by atoms with Gasteiger partial charge in [-0.2, -0.15) is 9.57 Å². The van der Waals surface area contributed by atoms with E-state index in [4.69, 9.17) is 22.6 Å². The second-order valence-corrected chi connectivity index (χ2v) is 7.65. The van der Waals surface area contributed by atoms with Crippen molar-refractivity contribution in [1.82, 2.24) is 4.31 Å². The molecule has 7 heteroatoms. The van der Waals surface area contributed by atoms with E-state index in [1.165, 1.54) is 22.5 Å². The summed E-state index contributed by atoms with van der Waals surface area (Å²) in [5, 5.41) is 9.06. The number of hydrogen-bond donors (Lipinski definition) is 1. The first-order valence-corrected chi connectivity index (χ1v) is 8.61. The van der Waals surface area contributed by atoms with Gasteiger partial charge in [0.1, 0.15) is 4.90 Å². The van der Waals surface area contributed by atoms with Gasteiger partial charge in [-0.15, -0.1) is 0 Å². The van der Waals surface area contributed by atoms with Gasteiger partial charge >= 0.3 is 0 Å². The summed E-state index contributed by atoms with van der Waals surface area (Å²) < 4.78 is 26.9. The smallest absolute Gasteiger partial charge is 0.244 e. The van der Waals surface area contributed by atoms with E-state index in [1.807, 2.05) is 6.07 Å². The molecule has 1 aromatic rings. The molecule has 1 aliphatic rings. The molecule has 0 aromatic heterocycles. The molecule has 0 spiro atoms. The molecule has 0 bridgehead atoms. The zero-order valence-electron chi connectivity index (χ0n) is 11.8. The minimum absolute atomic E-state index is 0.0200. The third-order valence-electron chi connectivity index (χ3n) is 4.11. The van der Waals surface area contributed by atoms with Gasteiger partial charge in [-0.25, -0.2) is 8.42 Å². The first kappa shape index (κ1) is 16.2. The zero-order chi connectivity index (χ0) is 15.6. The Morgan fingerprint density at radius 2 is 2.19 bits per heavy atom. The lowest BCUT2D eigenvalue weighted by molar-refractivity contribution is 0.304. The van der Waals surface area contributed by atoms with Crippen molar-refractivity contribution < 1.29 is 8.42 Å². The highest BCUT2D eigenvalue weighted by Crippen LogP contribution is 2.33. The Morgan fingerprint density at radius 1 is 1.48 bits per heavy atom. The van der Waals surface area contributed by atoms with Crippen molar-refractivity contribution in [1.29, 1.82) is 5.26 Å². The molecule has 2 rings (SSSR count). The lowest BCUT2D eigenvalue weighted by Gasteiger charge is -2.28. The molecule has 0 aliphatic heterocycles. The minimum atomic E-state index is -3.73. The van der Waals surface area contributed by atoms with Gasteiger partial charge < -0.3 is 5.73 Å². The summed E-state index contributed by atoms with van der Waals surface area (Å²) in [5.41, 5.74) is 6.00. The van der Waals surface area contributed by atoms with Crippen LogP contribution in [0.4, 0.5) is 0 Å². The molecule has 1 fully saturated rings. The summed E-state index contributed by atoms with van der Waals surface area (Å²) >= 11 is 6.02. The molecule has 0 amide bonds. The van der Waals surface area contributed by atoms with Crippen molar-refractivity contribution >= 4 is 21.6 Å². The molecule has 1 aliphatic carbocycles. The van der Waals surface area contributed by atoms with E-state index in [1.54, 1.807) is 7.05 Å². The maximum Gasteiger partial charge on any atom is 0.244 e. The second-order valence-electron chi connectivity index (χ2n) is 5.27. The fraction of sp³-hybridized carbons (Fsp3) is 0.500. The number of hydrogen-bond acceptors (Lipinski definition) is 4. The van der Waals surface area contributed by atoms with Crippen LogP contribution in [0.2, 0.25) is 5.02 Å². The van der Waals surface area contributed by atoms with Crippen molar-refractivity contribution in [3.05, 3.63) is 28.8 Å². The topological polar surface area (TPSA) is 87.2 Å². The number of sulfonamides is 1. The van der Waals surface area contributed by atoms with Crippen LogP contribution in [0.15, 0.2) is 23.1 Å². The third kappa shape index (κ3) is 3.06. The van der Waals surface area contributed by atoms with Crippen molar-refractivity contribution in [3.8, 4) is 6.07 Å². The van der Waals surface area contributed by atoms with Crippen molar-refractivity contribution in [3.63, 3.8) is 0 Å². The van der Waals surface area contributed by atoms with Crippen LogP contribution in [0, 0.1) is 17.2 Å². The number of nitrogens with two attached hydrogens (primary N) is 1. The molecular weight excluding hydrogens is 310 g/mol. The fourth-order valence-electron chi connectivity index (χ4n) is 2.87. The molecule has 1 aromatic carbocycles. The molecule has 5 nitrogen and oxygen atoms in total. The van der Waals surface area contributed by atoms with Gasteiger partial charge in [0.25, 0.3) is 0 Å². The third-order valence-corrected chi connectivity index (χ3v) is 6.47. The lowest BCUT2D eigenvalue weighted by Crippen LogP contribution is -2.41. The van der Waals surface area contributed by atoms with E-state index in [-0.39, 0.29) is 27.4 Å². The second kappa shape index (κ2) is 6.32. The van der Waals surface area contributed by atoms with E-state index in [0.717, 1.165) is 19.3 Å². The van der Waals surface area contributed by atoms with E-state index in [0.29, 0.717) is 6.54 Å². The SMILES string of the molecule is CN(C1CCCC1CN)S(=O)(=O)c1cc(C#N)ccc1Cl. The highest BCUT2D eigenvalue weighted by atomic mass is 35.5. The predicted molar refractivity (Wildman–Crippen MR) is 81.3 cm³/mol. The van der Waals surface area contributed by atoms with Gasteiger partial charge in [-0.05, 0) is 43.5 Å². The Labute approximate surface area is 130 Å². The Hall–Kier alpha value is -1.13. The van der Waals surface area contributed by atoms with Gasteiger partial charge in [-0.1, -0.05) is 18.0 Å². The quantitative estimate of drug-likeness (QED) is 0.915. The van der Waals surface area contributed by atoms with Crippen LogP contribution in [-0.2, 0) is 10.0 Å². The average Bonchev–Trinajstić information content (AvgIpc) is 2.95. The van der Waals surface area contributed by atoms with Crippen molar-refractivity contribution in [2.45, 2.75) is 30.2 Å². The summed E-state index contributed by atoms with van der Waals surface area (Å²) in [6.45, 7) is 0.469. The largest absolute Gasteiger partial charge is 0.330 e. The Bertz CT molecular complexity index is 669. The standard InChI is InChI=1S/C14H18ClN3O2S/c1-18(13-4-2-3-11(13)9-17)21(19,20)14-7-10(8-16)5-6-12(14)15/h5-7,11,13H,2-4,9,17H2,1H3.